The van der Waals surface area contributed by atoms with Crippen molar-refractivity contribution in [3.05, 3.63) is 35.4 Å². The van der Waals surface area contributed by atoms with Gasteiger partial charge in [-0.3, -0.25) is 0 Å². The summed E-state index contributed by atoms with van der Waals surface area (Å²) < 4.78 is 19.4. The molecule has 1 atom stereocenters. The van der Waals surface area contributed by atoms with E-state index in [4.69, 9.17) is 4.74 Å². The fourth-order valence-corrected chi connectivity index (χ4v) is 5.25. The predicted molar refractivity (Wildman–Crippen MR) is 121 cm³/mol. The van der Waals surface area contributed by atoms with Crippen molar-refractivity contribution in [1.29, 1.82) is 0 Å². The van der Waals surface area contributed by atoms with Crippen LogP contribution in [0.15, 0.2) is 24.3 Å². The first kappa shape index (κ1) is 23.3. The van der Waals surface area contributed by atoms with E-state index in [9.17, 15) is 9.18 Å². The van der Waals surface area contributed by atoms with Gasteiger partial charge in [-0.15, -0.1) is 0 Å². The lowest BCUT2D eigenvalue weighted by atomic mass is 9.82. The first-order chi connectivity index (χ1) is 14.7. The van der Waals surface area contributed by atoms with Gasteiger partial charge >= 0.3 is 5.97 Å². The first-order valence-electron chi connectivity index (χ1n) is 12.6. The van der Waals surface area contributed by atoms with Crippen LogP contribution in [0.5, 0.6) is 0 Å². The zero-order valence-corrected chi connectivity index (χ0v) is 18.9. The Kier molecular flexibility index (Phi) is 9.68. The van der Waals surface area contributed by atoms with Crippen LogP contribution in [0.1, 0.15) is 114 Å². The number of aryl methyl sites for hydroxylation is 1. The molecule has 2 saturated carbocycles. The van der Waals surface area contributed by atoms with Crippen molar-refractivity contribution in [2.24, 2.45) is 5.92 Å². The van der Waals surface area contributed by atoms with Crippen LogP contribution >= 0.6 is 0 Å². The maximum absolute atomic E-state index is 14.0. The summed E-state index contributed by atoms with van der Waals surface area (Å²) in [5, 5.41) is 0. The summed E-state index contributed by atoms with van der Waals surface area (Å²) in [6.45, 7) is 2.08. The Balaban J connectivity index is 1.37. The maximum Gasteiger partial charge on any atom is 0.340 e. The molecule has 0 bridgehead atoms. The van der Waals surface area contributed by atoms with Gasteiger partial charge in [-0.25, -0.2) is 9.18 Å². The second kappa shape index (κ2) is 12.5. The minimum atomic E-state index is -1.45. The largest absolute Gasteiger partial charge is 0.460 e. The van der Waals surface area contributed by atoms with E-state index in [0.29, 0.717) is 12.3 Å². The first-order valence-corrected chi connectivity index (χ1v) is 12.6. The number of esters is 1. The van der Waals surface area contributed by atoms with Crippen LogP contribution in [0.3, 0.4) is 0 Å². The number of carbonyl (C=O) groups is 1. The molecule has 0 aromatic heterocycles. The van der Waals surface area contributed by atoms with Crippen LogP contribution in [-0.4, -0.2) is 18.2 Å². The van der Waals surface area contributed by atoms with Crippen molar-refractivity contribution in [3.63, 3.8) is 0 Å². The van der Waals surface area contributed by atoms with Crippen molar-refractivity contribution in [3.8, 4) is 0 Å². The van der Waals surface area contributed by atoms with Crippen molar-refractivity contribution in [1.82, 2.24) is 0 Å². The number of alkyl halides is 1. The molecule has 0 unspecified atom stereocenters. The maximum atomic E-state index is 14.0. The van der Waals surface area contributed by atoms with E-state index in [1.165, 1.54) is 56.1 Å². The lowest BCUT2D eigenvalue weighted by molar-refractivity contribution is -0.157. The third-order valence-corrected chi connectivity index (χ3v) is 7.29. The quantitative estimate of drug-likeness (QED) is 0.289. The zero-order chi connectivity index (χ0) is 21.2. The van der Waals surface area contributed by atoms with Gasteiger partial charge in [0.2, 0.25) is 0 Å². The van der Waals surface area contributed by atoms with Gasteiger partial charge in [0.25, 0.3) is 0 Å². The van der Waals surface area contributed by atoms with Crippen LogP contribution in [0.2, 0.25) is 0 Å². The van der Waals surface area contributed by atoms with Crippen LogP contribution in [0, 0.1) is 5.92 Å². The van der Waals surface area contributed by atoms with Gasteiger partial charge in [-0.1, -0.05) is 76.1 Å². The second-order valence-electron chi connectivity index (χ2n) is 9.66. The highest BCUT2D eigenvalue weighted by Gasteiger charge is 2.27. The van der Waals surface area contributed by atoms with Gasteiger partial charge in [-0.2, -0.15) is 0 Å². The van der Waals surface area contributed by atoms with Crippen molar-refractivity contribution >= 4 is 5.97 Å². The topological polar surface area (TPSA) is 26.3 Å². The summed E-state index contributed by atoms with van der Waals surface area (Å²) >= 11 is 0. The number of rotatable bonds is 10. The summed E-state index contributed by atoms with van der Waals surface area (Å²) in [5.74, 6) is 0.835. The fourth-order valence-electron chi connectivity index (χ4n) is 5.25. The third-order valence-electron chi connectivity index (χ3n) is 7.29. The molecule has 2 nitrogen and oxygen atoms in total. The molecule has 3 rings (SSSR count). The lowest BCUT2D eigenvalue weighted by Crippen LogP contribution is -2.28. The Bertz CT molecular complexity index is 612. The van der Waals surface area contributed by atoms with E-state index in [1.54, 1.807) is 0 Å². The number of carbonyl (C=O) groups excluding carboxylic acids is 1. The second-order valence-corrected chi connectivity index (χ2v) is 9.66. The Morgan fingerprint density at radius 3 is 2.37 bits per heavy atom. The standard InChI is InChI=1S/C27H41FO2/c1-2-3-5-10-26(28)27(29)30-25-19-17-24(18-20-25)23-15-13-22(14-16-23)12-11-21-8-6-4-7-9-21/h13-16,21,24-26H,2-12,17-20H2,1H3/t24?,25?,26-/m0/s1. The number of benzene rings is 1. The summed E-state index contributed by atoms with van der Waals surface area (Å²) in [6, 6.07) is 9.24. The van der Waals surface area contributed by atoms with Gasteiger partial charge in [0.05, 0.1) is 0 Å². The predicted octanol–water partition coefficient (Wildman–Crippen LogP) is 7.69. The van der Waals surface area contributed by atoms with Crippen molar-refractivity contribution in [2.45, 2.75) is 121 Å². The van der Waals surface area contributed by atoms with E-state index in [-0.39, 0.29) is 6.10 Å². The number of unbranched alkanes of at least 4 members (excludes halogenated alkanes) is 2. The summed E-state index contributed by atoms with van der Waals surface area (Å²) in [6.07, 6.45) is 14.9. The molecule has 0 radical (unpaired) electrons. The third kappa shape index (κ3) is 7.39. The number of hydrogen-bond donors (Lipinski definition) is 0. The Morgan fingerprint density at radius 2 is 1.70 bits per heavy atom. The molecule has 3 heteroatoms. The van der Waals surface area contributed by atoms with Gasteiger partial charge < -0.3 is 4.74 Å². The van der Waals surface area contributed by atoms with Gasteiger partial charge in [0.15, 0.2) is 6.17 Å². The van der Waals surface area contributed by atoms with Gasteiger partial charge in [0, 0.05) is 0 Å². The van der Waals surface area contributed by atoms with Crippen molar-refractivity contribution in [2.75, 3.05) is 0 Å². The monoisotopic (exact) mass is 416 g/mol. The minimum absolute atomic E-state index is 0.104. The lowest BCUT2D eigenvalue weighted by Gasteiger charge is -2.29. The molecule has 2 fully saturated rings. The average Bonchev–Trinajstić information content (AvgIpc) is 2.79. The van der Waals surface area contributed by atoms with Crippen LogP contribution in [0.4, 0.5) is 4.39 Å². The van der Waals surface area contributed by atoms with E-state index in [1.807, 2.05) is 0 Å². The SMILES string of the molecule is CCCCC[C@H](F)C(=O)OC1CCC(c2ccc(CCC3CCCCC3)cc2)CC1. The van der Waals surface area contributed by atoms with Crippen LogP contribution in [0.25, 0.3) is 0 Å². The summed E-state index contributed by atoms with van der Waals surface area (Å²) in [7, 11) is 0. The Morgan fingerprint density at radius 1 is 1.00 bits per heavy atom. The molecular weight excluding hydrogens is 375 g/mol. The fraction of sp³-hybridized carbons (Fsp3) is 0.741. The molecule has 0 amide bonds. The van der Waals surface area contributed by atoms with E-state index >= 15 is 0 Å². The summed E-state index contributed by atoms with van der Waals surface area (Å²) in [4.78, 5) is 12.0. The van der Waals surface area contributed by atoms with Crippen LogP contribution < -0.4 is 0 Å². The molecule has 1 aromatic carbocycles. The minimum Gasteiger partial charge on any atom is -0.460 e. The highest BCUT2D eigenvalue weighted by Crippen LogP contribution is 2.35. The zero-order valence-electron chi connectivity index (χ0n) is 18.9. The summed E-state index contributed by atoms with van der Waals surface area (Å²) in [5.41, 5.74) is 2.87. The van der Waals surface area contributed by atoms with Gasteiger partial charge in [0.1, 0.15) is 6.10 Å². The average molecular weight is 417 g/mol. The number of ether oxygens (including phenoxy) is 1. The molecular formula is C27H41FO2. The molecule has 0 aliphatic heterocycles. The number of hydrogen-bond acceptors (Lipinski definition) is 2. The normalized spacial score (nSPS) is 23.8. The van der Waals surface area contributed by atoms with E-state index in [0.717, 1.165) is 50.9 Å². The number of halogens is 1. The van der Waals surface area contributed by atoms with E-state index < -0.39 is 12.1 Å². The Hall–Kier alpha value is -1.38. The molecule has 0 N–H and O–H groups in total. The van der Waals surface area contributed by atoms with Crippen LogP contribution in [-0.2, 0) is 16.0 Å². The molecule has 0 saturated heterocycles. The smallest absolute Gasteiger partial charge is 0.340 e. The molecule has 2 aliphatic carbocycles. The molecule has 0 heterocycles. The highest BCUT2D eigenvalue weighted by molar-refractivity contribution is 5.74. The van der Waals surface area contributed by atoms with E-state index in [2.05, 4.69) is 31.2 Å². The molecule has 1 aromatic rings. The molecule has 30 heavy (non-hydrogen) atoms. The van der Waals surface area contributed by atoms with Gasteiger partial charge in [-0.05, 0) is 74.3 Å². The Labute approximate surface area is 183 Å². The molecule has 2 aliphatic rings. The molecule has 0 spiro atoms. The highest BCUT2D eigenvalue weighted by atomic mass is 19.1. The van der Waals surface area contributed by atoms with Crippen molar-refractivity contribution < 1.29 is 13.9 Å². The molecule has 168 valence electrons.